The number of amides is 1. The molecule has 0 atom stereocenters. The third kappa shape index (κ3) is 4.01. The number of imidazole rings is 1. The van der Waals surface area contributed by atoms with Gasteiger partial charge in [-0.3, -0.25) is 9.36 Å². The Morgan fingerprint density at radius 1 is 0.914 bits per heavy atom. The van der Waals surface area contributed by atoms with E-state index in [1.807, 2.05) is 0 Å². The van der Waals surface area contributed by atoms with Crippen LogP contribution in [0.4, 0.5) is 0 Å². The van der Waals surface area contributed by atoms with Crippen LogP contribution >= 0.6 is 0 Å². The molecule has 0 aliphatic heterocycles. The Bertz CT molecular complexity index is 1710. The van der Waals surface area contributed by atoms with Gasteiger partial charge in [-0.1, -0.05) is 48.5 Å². The lowest BCUT2D eigenvalue weighted by Crippen LogP contribution is -2.13. The van der Waals surface area contributed by atoms with Crippen LogP contribution in [0.3, 0.4) is 0 Å². The number of aromatic hydroxyl groups is 1. The average Bonchev–Trinajstić information content (AvgIpc) is 3.29. The van der Waals surface area contributed by atoms with Crippen molar-refractivity contribution in [2.75, 3.05) is 0 Å². The van der Waals surface area contributed by atoms with E-state index in [1.54, 1.807) is 77.5 Å². The summed E-state index contributed by atoms with van der Waals surface area (Å²) in [5.41, 5.74) is 9.26. The molecule has 9 nitrogen and oxygen atoms in total. The van der Waals surface area contributed by atoms with Crippen molar-refractivity contribution in [1.29, 1.82) is 0 Å². The molecular weight excluding hydrogens is 466 g/mol. The Morgan fingerprint density at radius 3 is 2.34 bits per heavy atom. The minimum atomic E-state index is -3.90. The summed E-state index contributed by atoms with van der Waals surface area (Å²) in [6, 6.07) is 20.1. The summed E-state index contributed by atoms with van der Waals surface area (Å²) < 4.78 is 25.6. The molecule has 5 N–H and O–H groups in total. The van der Waals surface area contributed by atoms with Crippen LogP contribution in [0.25, 0.3) is 39.1 Å². The Labute approximate surface area is 200 Å². The van der Waals surface area contributed by atoms with Crippen LogP contribution < -0.4 is 10.9 Å². The van der Waals surface area contributed by atoms with Crippen LogP contribution in [0.5, 0.6) is 5.75 Å². The van der Waals surface area contributed by atoms with Crippen LogP contribution in [-0.4, -0.2) is 34.0 Å². The fourth-order valence-electron chi connectivity index (χ4n) is 3.97. The summed E-state index contributed by atoms with van der Waals surface area (Å²) >= 11 is 0. The first-order valence-corrected chi connectivity index (χ1v) is 12.0. The number of primary sulfonamides is 1. The molecule has 10 heteroatoms. The number of benzene rings is 3. The quantitative estimate of drug-likeness (QED) is 0.347. The van der Waals surface area contributed by atoms with Gasteiger partial charge in [0, 0.05) is 22.4 Å². The molecule has 174 valence electrons. The summed E-state index contributed by atoms with van der Waals surface area (Å²) in [6.45, 7) is 0. The largest absolute Gasteiger partial charge is 0.504 e. The van der Waals surface area contributed by atoms with Gasteiger partial charge in [-0.2, -0.15) is 0 Å². The molecule has 0 fully saturated rings. The zero-order chi connectivity index (χ0) is 24.7. The number of hydrogen-bond donors (Lipinski definition) is 3. The molecule has 0 radical (unpaired) electrons. The van der Waals surface area contributed by atoms with Gasteiger partial charge in [0.05, 0.1) is 11.1 Å². The van der Waals surface area contributed by atoms with Crippen molar-refractivity contribution < 1.29 is 18.3 Å². The number of carbonyl (C=O) groups is 1. The topological polar surface area (TPSA) is 154 Å². The van der Waals surface area contributed by atoms with Crippen LogP contribution in [0.1, 0.15) is 10.4 Å². The van der Waals surface area contributed by atoms with Gasteiger partial charge in [-0.15, -0.1) is 0 Å². The molecule has 5 aromatic rings. The Morgan fingerprint density at radius 2 is 1.63 bits per heavy atom. The van der Waals surface area contributed by atoms with Gasteiger partial charge in [0.2, 0.25) is 15.9 Å². The second-order valence-electron chi connectivity index (χ2n) is 7.84. The molecule has 1 amide bonds. The van der Waals surface area contributed by atoms with E-state index < -0.39 is 15.9 Å². The number of nitrogens with two attached hydrogens (primary N) is 2. The summed E-state index contributed by atoms with van der Waals surface area (Å²) in [6.07, 6.45) is 3.08. The highest BCUT2D eigenvalue weighted by molar-refractivity contribution is 7.89. The van der Waals surface area contributed by atoms with Crippen molar-refractivity contribution in [2.24, 2.45) is 10.9 Å². The second kappa shape index (κ2) is 8.35. The predicted molar refractivity (Wildman–Crippen MR) is 131 cm³/mol. The van der Waals surface area contributed by atoms with Gasteiger partial charge in [-0.05, 0) is 29.8 Å². The van der Waals surface area contributed by atoms with Crippen LogP contribution in [0.2, 0.25) is 0 Å². The smallest absolute Gasteiger partial charge is 0.248 e. The minimum Gasteiger partial charge on any atom is -0.504 e. The number of fused-ring (bicyclic) bond motifs is 1. The maximum Gasteiger partial charge on any atom is 0.248 e. The highest BCUT2D eigenvalue weighted by Gasteiger charge is 2.18. The highest BCUT2D eigenvalue weighted by atomic mass is 32.2. The highest BCUT2D eigenvalue weighted by Crippen LogP contribution is 2.36. The molecule has 35 heavy (non-hydrogen) atoms. The standard InChI is InChI=1S/C25H19N5O4S/c26-25(32)17-4-3-5-18(12-17)30-14-29-20-13-28-22(24(31)23(20)30)16-10-8-15(9-11-16)19-6-1-2-7-21(19)35(27,33)34/h1-14,31H,(H2,26,32)(H2,27,33,34). The predicted octanol–water partition coefficient (Wildman–Crippen LogP) is 3.21. The van der Waals surface area contributed by atoms with Crippen molar-refractivity contribution in [3.63, 3.8) is 0 Å². The van der Waals surface area contributed by atoms with Gasteiger partial charge in [0.1, 0.15) is 23.1 Å². The Kier molecular flexibility index (Phi) is 5.31. The molecule has 0 unspecified atom stereocenters. The lowest BCUT2D eigenvalue weighted by Gasteiger charge is -2.11. The first-order valence-electron chi connectivity index (χ1n) is 10.4. The van der Waals surface area contributed by atoms with Crippen molar-refractivity contribution >= 4 is 27.0 Å². The monoisotopic (exact) mass is 485 g/mol. The molecule has 0 aliphatic rings. The van der Waals surface area contributed by atoms with E-state index in [4.69, 9.17) is 10.9 Å². The van der Waals surface area contributed by atoms with Crippen LogP contribution in [-0.2, 0) is 10.0 Å². The van der Waals surface area contributed by atoms with Crippen LogP contribution in [0, 0.1) is 0 Å². The number of carbonyl (C=O) groups excluding carboxylic acids is 1. The maximum atomic E-state index is 12.0. The molecular formula is C25H19N5O4S. The molecule has 2 heterocycles. The molecule has 0 aliphatic carbocycles. The number of sulfonamides is 1. The molecule has 0 saturated heterocycles. The molecule has 0 spiro atoms. The van der Waals surface area contributed by atoms with Gasteiger partial charge in [0.25, 0.3) is 0 Å². The van der Waals surface area contributed by atoms with E-state index in [0.29, 0.717) is 44.7 Å². The summed E-state index contributed by atoms with van der Waals surface area (Å²) in [7, 11) is -3.90. The molecule has 3 aromatic carbocycles. The lowest BCUT2D eigenvalue weighted by atomic mass is 10.0. The van der Waals surface area contributed by atoms with E-state index in [0.717, 1.165) is 0 Å². The Balaban J connectivity index is 1.59. The normalized spacial score (nSPS) is 11.6. The van der Waals surface area contributed by atoms with Gasteiger partial charge >= 0.3 is 0 Å². The number of rotatable bonds is 5. The number of pyridine rings is 1. The van der Waals surface area contributed by atoms with E-state index in [9.17, 15) is 18.3 Å². The fraction of sp³-hybridized carbons (Fsp3) is 0. The SMILES string of the molecule is NC(=O)c1cccc(-n2cnc3cnc(-c4ccc(-c5ccccc5S(N)(=O)=O)cc4)c(O)c32)c1. The number of primary amides is 1. The van der Waals surface area contributed by atoms with Gasteiger partial charge < -0.3 is 10.8 Å². The van der Waals surface area contributed by atoms with E-state index in [-0.39, 0.29) is 10.6 Å². The van der Waals surface area contributed by atoms with E-state index >= 15 is 0 Å². The Hall–Kier alpha value is -4.54. The van der Waals surface area contributed by atoms with Crippen molar-refractivity contribution in [3.05, 3.63) is 90.9 Å². The first-order chi connectivity index (χ1) is 16.7. The molecule has 5 rings (SSSR count). The third-order valence-electron chi connectivity index (χ3n) is 5.63. The van der Waals surface area contributed by atoms with Gasteiger partial charge in [-0.25, -0.2) is 23.5 Å². The van der Waals surface area contributed by atoms with E-state index in [2.05, 4.69) is 9.97 Å². The van der Waals surface area contributed by atoms with Crippen molar-refractivity contribution in [3.8, 4) is 33.8 Å². The zero-order valence-corrected chi connectivity index (χ0v) is 19.0. The maximum absolute atomic E-state index is 12.0. The summed E-state index contributed by atoms with van der Waals surface area (Å²) in [5.74, 6) is -0.658. The third-order valence-corrected chi connectivity index (χ3v) is 6.60. The zero-order valence-electron chi connectivity index (χ0n) is 18.2. The van der Waals surface area contributed by atoms with Crippen LogP contribution in [0.15, 0.2) is 90.2 Å². The molecule has 0 bridgehead atoms. The van der Waals surface area contributed by atoms with Crippen molar-refractivity contribution in [1.82, 2.24) is 14.5 Å². The molecule has 2 aromatic heterocycles. The van der Waals surface area contributed by atoms with Gasteiger partial charge in [0.15, 0.2) is 5.75 Å². The summed E-state index contributed by atoms with van der Waals surface area (Å²) in [4.78, 5) is 20.3. The molecule has 0 saturated carbocycles. The number of hydrogen-bond acceptors (Lipinski definition) is 6. The number of nitrogens with zero attached hydrogens (tertiary/aromatic N) is 3. The van der Waals surface area contributed by atoms with Crippen molar-refractivity contribution in [2.45, 2.75) is 4.90 Å². The second-order valence-corrected chi connectivity index (χ2v) is 9.37. The first kappa shape index (κ1) is 22.3. The minimum absolute atomic E-state index is 0.0252. The summed E-state index contributed by atoms with van der Waals surface area (Å²) in [5, 5.41) is 16.5. The lowest BCUT2D eigenvalue weighted by molar-refractivity contribution is 0.1000. The fourth-order valence-corrected chi connectivity index (χ4v) is 4.73. The number of aromatic nitrogens is 3. The van der Waals surface area contributed by atoms with E-state index in [1.165, 1.54) is 12.4 Å². The average molecular weight is 486 g/mol.